The maximum Gasteiger partial charge on any atom is 0.0317 e. The third kappa shape index (κ3) is 2.99. The molecule has 0 N–H and O–H groups in total. The Morgan fingerprint density at radius 3 is 1.95 bits per heavy atom. The van der Waals surface area contributed by atoms with Crippen molar-refractivity contribution >= 4 is 0 Å². The second-order valence-electron chi connectivity index (χ2n) is 4.98. The lowest BCUT2D eigenvalue weighted by Gasteiger charge is -2.19. The fourth-order valence-electron chi connectivity index (χ4n) is 2.58. The maximum atomic E-state index is 3.24. The Bertz CT molecular complexity index is 601. The highest BCUT2D eigenvalue weighted by atomic mass is 14.2. The van der Waals surface area contributed by atoms with E-state index in [-0.39, 0.29) is 0 Å². The SMILES string of the molecule is [C]1=C=C(CC(c2ccccc2)c2ccccc2)C[C]=C1. The average molecular weight is 256 g/mol. The van der Waals surface area contributed by atoms with Crippen LogP contribution in [-0.2, 0) is 0 Å². The highest BCUT2D eigenvalue weighted by Gasteiger charge is 2.15. The molecule has 0 aliphatic heterocycles. The van der Waals surface area contributed by atoms with Crippen molar-refractivity contribution in [2.75, 3.05) is 0 Å². The van der Waals surface area contributed by atoms with Gasteiger partial charge in [0.05, 0.1) is 0 Å². The van der Waals surface area contributed by atoms with Crippen molar-refractivity contribution in [2.45, 2.75) is 18.8 Å². The normalized spacial score (nSPS) is 13.6. The van der Waals surface area contributed by atoms with Gasteiger partial charge in [-0.1, -0.05) is 60.7 Å². The fraction of sp³-hybridized carbons (Fsp3) is 0.150. The lowest BCUT2D eigenvalue weighted by molar-refractivity contribution is 0.778. The lowest BCUT2D eigenvalue weighted by atomic mass is 9.85. The van der Waals surface area contributed by atoms with Crippen LogP contribution in [0.3, 0.4) is 0 Å². The van der Waals surface area contributed by atoms with Gasteiger partial charge in [-0.3, -0.25) is 0 Å². The van der Waals surface area contributed by atoms with Crippen LogP contribution in [0.15, 0.2) is 78.0 Å². The van der Waals surface area contributed by atoms with Gasteiger partial charge in [0.2, 0.25) is 0 Å². The van der Waals surface area contributed by atoms with Crippen molar-refractivity contribution in [3.05, 3.63) is 101 Å². The molecule has 0 aromatic heterocycles. The quantitative estimate of drug-likeness (QED) is 0.685. The zero-order valence-electron chi connectivity index (χ0n) is 11.3. The molecule has 0 saturated carbocycles. The molecule has 0 amide bonds. The number of rotatable bonds is 4. The molecular weight excluding hydrogens is 240 g/mol. The van der Waals surface area contributed by atoms with Gasteiger partial charge in [-0.15, -0.1) is 5.73 Å². The summed E-state index contributed by atoms with van der Waals surface area (Å²) < 4.78 is 0. The molecule has 0 unspecified atom stereocenters. The van der Waals surface area contributed by atoms with Gasteiger partial charge in [-0.25, -0.2) is 0 Å². The number of hydrogen-bond donors (Lipinski definition) is 0. The Morgan fingerprint density at radius 1 is 0.850 bits per heavy atom. The van der Waals surface area contributed by atoms with Gasteiger partial charge in [0, 0.05) is 18.4 Å². The molecule has 2 aromatic carbocycles. The molecule has 0 fully saturated rings. The summed E-state index contributed by atoms with van der Waals surface area (Å²) in [5.41, 5.74) is 7.21. The van der Waals surface area contributed by atoms with E-state index in [1.165, 1.54) is 16.7 Å². The standard InChI is InChI=1S/C20H16/c1-4-10-17(11-5-1)16-20(18-12-6-2-7-13-18)19-14-8-3-9-15-19/h1-3,6-9,12-15,20H,10,16H2. The van der Waals surface area contributed by atoms with Gasteiger partial charge in [-0.05, 0) is 35.3 Å². The van der Waals surface area contributed by atoms with E-state index in [1.54, 1.807) is 0 Å². The topological polar surface area (TPSA) is 0 Å². The molecule has 0 bridgehead atoms. The third-order valence-corrected chi connectivity index (χ3v) is 3.59. The van der Waals surface area contributed by atoms with Crippen molar-refractivity contribution in [1.29, 1.82) is 0 Å². The Kier molecular flexibility index (Phi) is 3.96. The minimum absolute atomic E-state index is 0.376. The smallest absolute Gasteiger partial charge is 0.0317 e. The largest absolute Gasteiger partial charge is 0.112 e. The van der Waals surface area contributed by atoms with Gasteiger partial charge in [0.15, 0.2) is 0 Å². The first kappa shape index (κ1) is 12.7. The molecular formula is C20H16. The first-order chi connectivity index (χ1) is 9.93. The minimum atomic E-state index is 0.376. The molecule has 0 nitrogen and oxygen atoms in total. The van der Waals surface area contributed by atoms with Crippen LogP contribution in [-0.4, -0.2) is 0 Å². The van der Waals surface area contributed by atoms with E-state index in [1.807, 2.05) is 6.08 Å². The van der Waals surface area contributed by atoms with Crippen LogP contribution < -0.4 is 0 Å². The molecule has 1 aliphatic rings. The van der Waals surface area contributed by atoms with E-state index in [9.17, 15) is 0 Å². The molecule has 0 heteroatoms. The van der Waals surface area contributed by atoms with Crippen LogP contribution in [0.2, 0.25) is 0 Å². The monoisotopic (exact) mass is 256 g/mol. The van der Waals surface area contributed by atoms with Crippen molar-refractivity contribution in [1.82, 2.24) is 0 Å². The molecule has 2 radical (unpaired) electrons. The van der Waals surface area contributed by atoms with E-state index in [0.29, 0.717) is 5.92 Å². The highest BCUT2D eigenvalue weighted by molar-refractivity contribution is 5.34. The van der Waals surface area contributed by atoms with Crippen LogP contribution >= 0.6 is 0 Å². The van der Waals surface area contributed by atoms with Crippen molar-refractivity contribution < 1.29 is 0 Å². The van der Waals surface area contributed by atoms with Crippen molar-refractivity contribution in [3.63, 3.8) is 0 Å². The van der Waals surface area contributed by atoms with Crippen LogP contribution in [0, 0.1) is 12.2 Å². The summed E-state index contributed by atoms with van der Waals surface area (Å²) in [6.45, 7) is 0. The van der Waals surface area contributed by atoms with E-state index in [4.69, 9.17) is 0 Å². The molecule has 0 spiro atoms. The molecule has 20 heavy (non-hydrogen) atoms. The first-order valence-corrected chi connectivity index (χ1v) is 6.94. The second kappa shape index (κ2) is 6.23. The van der Waals surface area contributed by atoms with Crippen LogP contribution in [0.25, 0.3) is 0 Å². The Labute approximate surface area is 120 Å². The zero-order chi connectivity index (χ0) is 13.6. The number of hydrogen-bond acceptors (Lipinski definition) is 0. The van der Waals surface area contributed by atoms with Gasteiger partial charge in [0.1, 0.15) is 0 Å². The molecule has 0 heterocycles. The Morgan fingerprint density at radius 2 is 1.45 bits per heavy atom. The summed E-state index contributed by atoms with van der Waals surface area (Å²) in [6, 6.07) is 21.4. The van der Waals surface area contributed by atoms with Gasteiger partial charge in [0.25, 0.3) is 0 Å². The maximum absolute atomic E-state index is 3.24. The van der Waals surface area contributed by atoms with Gasteiger partial charge >= 0.3 is 0 Å². The third-order valence-electron chi connectivity index (χ3n) is 3.59. The summed E-state index contributed by atoms with van der Waals surface area (Å²) >= 11 is 0. The zero-order valence-corrected chi connectivity index (χ0v) is 11.3. The van der Waals surface area contributed by atoms with E-state index in [2.05, 4.69) is 78.5 Å². The molecule has 3 rings (SSSR count). The highest BCUT2D eigenvalue weighted by Crippen LogP contribution is 2.31. The average Bonchev–Trinajstić information content (AvgIpc) is 2.55. The molecule has 0 saturated heterocycles. The van der Waals surface area contributed by atoms with E-state index < -0.39 is 0 Å². The Hall–Kier alpha value is -2.30. The minimum Gasteiger partial charge on any atom is -0.112 e. The van der Waals surface area contributed by atoms with Gasteiger partial charge < -0.3 is 0 Å². The second-order valence-corrected chi connectivity index (χ2v) is 4.98. The number of benzene rings is 2. The van der Waals surface area contributed by atoms with Crippen molar-refractivity contribution in [2.24, 2.45) is 0 Å². The van der Waals surface area contributed by atoms with Crippen LogP contribution in [0.5, 0.6) is 0 Å². The lowest BCUT2D eigenvalue weighted by Crippen LogP contribution is -2.03. The summed E-state index contributed by atoms with van der Waals surface area (Å²) in [5, 5.41) is 0. The predicted octanol–water partition coefficient (Wildman–Crippen LogP) is 4.86. The van der Waals surface area contributed by atoms with Crippen LogP contribution in [0.1, 0.15) is 29.9 Å². The molecule has 0 atom stereocenters. The summed E-state index contributed by atoms with van der Waals surface area (Å²) in [7, 11) is 0. The predicted molar refractivity (Wildman–Crippen MR) is 82.0 cm³/mol. The Balaban J connectivity index is 1.94. The summed E-state index contributed by atoms with van der Waals surface area (Å²) in [6.07, 6.45) is 9.89. The first-order valence-electron chi connectivity index (χ1n) is 6.94. The number of allylic oxidation sites excluding steroid dienone is 3. The molecule has 2 aromatic rings. The van der Waals surface area contributed by atoms with E-state index >= 15 is 0 Å². The molecule has 1 aliphatic carbocycles. The summed E-state index contributed by atoms with van der Waals surface area (Å²) in [4.78, 5) is 0. The fourth-order valence-corrected chi connectivity index (χ4v) is 2.58. The van der Waals surface area contributed by atoms with Gasteiger partial charge in [-0.2, -0.15) is 0 Å². The molecule has 96 valence electrons. The van der Waals surface area contributed by atoms with Crippen LogP contribution in [0.4, 0.5) is 0 Å². The summed E-state index contributed by atoms with van der Waals surface area (Å²) in [5.74, 6) is 0.376. The van der Waals surface area contributed by atoms with Crippen molar-refractivity contribution in [3.8, 4) is 0 Å². The van der Waals surface area contributed by atoms with E-state index in [0.717, 1.165) is 12.8 Å².